The van der Waals surface area contributed by atoms with Crippen molar-refractivity contribution >= 4 is 23.4 Å². The third-order valence-electron chi connectivity index (χ3n) is 12.4. The molecule has 3 fully saturated rings. The SMILES string of the molecule is CC[C@@H]1c2c(C#N)ncn2-c2cnc(Nc3ccc(C(=O)NCCC4CCC(CCCN5CCN(CC)CC5)CC4)cc3OC)nc2N1C1CCCC1. The number of ether oxygens (including phenoxy) is 1. The predicted octanol–water partition coefficient (Wildman–Crippen LogP) is 6.84. The summed E-state index contributed by atoms with van der Waals surface area (Å²) in [4.78, 5) is 35.0. The molecule has 12 heteroatoms. The highest BCUT2D eigenvalue weighted by atomic mass is 16.5. The predicted molar refractivity (Wildman–Crippen MR) is 208 cm³/mol. The van der Waals surface area contributed by atoms with Crippen molar-refractivity contribution in [1.29, 1.82) is 5.26 Å². The van der Waals surface area contributed by atoms with Crippen molar-refractivity contribution in [1.82, 2.24) is 34.6 Å². The zero-order valence-electron chi connectivity index (χ0n) is 32.0. The molecule has 3 aromatic rings. The molecule has 2 aliphatic carbocycles. The molecule has 2 aromatic heterocycles. The van der Waals surface area contributed by atoms with Crippen LogP contribution in [0.4, 0.5) is 17.5 Å². The number of carbonyl (C=O) groups is 1. The largest absolute Gasteiger partial charge is 0.495 e. The fourth-order valence-corrected chi connectivity index (χ4v) is 9.31. The van der Waals surface area contributed by atoms with Crippen molar-refractivity contribution in [3.63, 3.8) is 0 Å². The summed E-state index contributed by atoms with van der Waals surface area (Å²) in [7, 11) is 1.61. The molecule has 1 aromatic carbocycles. The number of benzene rings is 1. The zero-order chi connectivity index (χ0) is 36.7. The number of carbonyl (C=O) groups excluding carboxylic acids is 1. The van der Waals surface area contributed by atoms with Crippen LogP contribution in [0.5, 0.6) is 5.75 Å². The van der Waals surface area contributed by atoms with E-state index >= 15 is 0 Å². The lowest BCUT2D eigenvalue weighted by Gasteiger charge is -2.41. The Morgan fingerprint density at radius 3 is 2.42 bits per heavy atom. The minimum Gasteiger partial charge on any atom is -0.495 e. The maximum atomic E-state index is 13.2. The Kier molecular flexibility index (Phi) is 12.1. The number of nitriles is 1. The number of amides is 1. The van der Waals surface area contributed by atoms with Crippen LogP contribution in [0.25, 0.3) is 5.69 Å². The standard InChI is InChI=1S/C41H58N10O2/c1-4-35-38-34(26-42)45-28-50(38)36-27-44-41(47-39(36)51(35)32-10-6-7-11-32)46-33-17-16-31(25-37(33)53-3)40(52)43-19-18-30-14-12-29(13-15-30)9-8-20-49-23-21-48(5-2)22-24-49/h16-17,25,27-30,32,35H,4-15,18-24H2,1-3H3,(H,43,52)(H,44,46,47)/t29?,30?,35-/m1/s1. The second kappa shape index (κ2) is 17.3. The average Bonchev–Trinajstić information content (AvgIpc) is 3.89. The fourth-order valence-electron chi connectivity index (χ4n) is 9.31. The summed E-state index contributed by atoms with van der Waals surface area (Å²) in [5.41, 5.74) is 3.46. The topological polar surface area (TPSA) is 127 Å². The van der Waals surface area contributed by atoms with Gasteiger partial charge in [-0.25, -0.2) is 9.97 Å². The van der Waals surface area contributed by atoms with Crippen molar-refractivity contribution < 1.29 is 9.53 Å². The van der Waals surface area contributed by atoms with Crippen LogP contribution < -0.4 is 20.3 Å². The van der Waals surface area contributed by atoms with E-state index in [2.05, 4.69) is 55.2 Å². The third kappa shape index (κ3) is 8.31. The van der Waals surface area contributed by atoms with Crippen molar-refractivity contribution in [3.8, 4) is 17.5 Å². The van der Waals surface area contributed by atoms with Gasteiger partial charge in [0.05, 0.1) is 30.7 Å². The Bertz CT molecular complexity index is 1730. The monoisotopic (exact) mass is 722 g/mol. The molecule has 2 N–H and O–H groups in total. The van der Waals surface area contributed by atoms with Gasteiger partial charge in [0, 0.05) is 44.3 Å². The minimum atomic E-state index is -0.0842. The lowest BCUT2D eigenvalue weighted by atomic mass is 9.79. The van der Waals surface area contributed by atoms with Gasteiger partial charge in [-0.3, -0.25) is 9.36 Å². The van der Waals surface area contributed by atoms with E-state index in [4.69, 9.17) is 9.72 Å². The van der Waals surface area contributed by atoms with Gasteiger partial charge in [-0.1, -0.05) is 52.4 Å². The number of nitrogens with one attached hydrogen (secondary N) is 2. The van der Waals surface area contributed by atoms with Gasteiger partial charge in [0.2, 0.25) is 5.95 Å². The second-order valence-electron chi connectivity index (χ2n) is 15.5. The average molecular weight is 723 g/mol. The second-order valence-corrected chi connectivity index (χ2v) is 15.5. The highest BCUT2D eigenvalue weighted by molar-refractivity contribution is 5.95. The van der Waals surface area contributed by atoms with Gasteiger partial charge in [0.1, 0.15) is 23.8 Å². The number of rotatable bonds is 14. The van der Waals surface area contributed by atoms with Gasteiger partial charge in [-0.05, 0) is 81.6 Å². The molecule has 284 valence electrons. The summed E-state index contributed by atoms with van der Waals surface area (Å²) in [6.07, 6.45) is 17.8. The summed E-state index contributed by atoms with van der Waals surface area (Å²) in [5, 5.41) is 16.4. The van der Waals surface area contributed by atoms with E-state index in [0.717, 1.165) is 48.8 Å². The van der Waals surface area contributed by atoms with Gasteiger partial charge in [-0.15, -0.1) is 0 Å². The maximum Gasteiger partial charge on any atom is 0.251 e. The number of piperazine rings is 1. The van der Waals surface area contributed by atoms with Gasteiger partial charge in [-0.2, -0.15) is 10.2 Å². The Balaban J connectivity index is 0.920. The molecule has 0 radical (unpaired) electrons. The van der Waals surface area contributed by atoms with Crippen LogP contribution >= 0.6 is 0 Å². The quantitative estimate of drug-likeness (QED) is 0.183. The van der Waals surface area contributed by atoms with E-state index in [1.807, 2.05) is 22.9 Å². The van der Waals surface area contributed by atoms with E-state index in [1.54, 1.807) is 19.5 Å². The molecular formula is C41H58N10O2. The Hall–Kier alpha value is -4.21. The number of imidazole rings is 1. The Labute approximate surface area is 315 Å². The van der Waals surface area contributed by atoms with Crippen LogP contribution in [0.1, 0.15) is 119 Å². The summed E-state index contributed by atoms with van der Waals surface area (Å²) in [6.45, 7) is 12.4. The molecule has 53 heavy (non-hydrogen) atoms. The van der Waals surface area contributed by atoms with E-state index < -0.39 is 0 Å². The molecule has 12 nitrogen and oxygen atoms in total. The first-order valence-electron chi connectivity index (χ1n) is 20.3. The van der Waals surface area contributed by atoms with Gasteiger partial charge in [0.15, 0.2) is 11.5 Å². The van der Waals surface area contributed by atoms with Gasteiger partial charge < -0.3 is 30.1 Å². The van der Waals surface area contributed by atoms with E-state index in [9.17, 15) is 10.1 Å². The molecule has 1 saturated heterocycles. The van der Waals surface area contributed by atoms with Crippen LogP contribution in [0, 0.1) is 23.2 Å². The molecule has 1 amide bonds. The zero-order valence-corrected chi connectivity index (χ0v) is 32.0. The summed E-state index contributed by atoms with van der Waals surface area (Å²) in [6, 6.07) is 8.10. The van der Waals surface area contributed by atoms with E-state index in [-0.39, 0.29) is 11.9 Å². The molecular weight excluding hydrogens is 665 g/mol. The molecule has 0 bridgehead atoms. The number of likely N-dealkylation sites (N-methyl/N-ethyl adjacent to an activating group) is 1. The summed E-state index contributed by atoms with van der Waals surface area (Å²) >= 11 is 0. The van der Waals surface area contributed by atoms with Crippen LogP contribution in [0.15, 0.2) is 30.7 Å². The number of fused-ring (bicyclic) bond motifs is 3. The fraction of sp³-hybridized carbons (Fsp3) is 0.634. The molecule has 2 saturated carbocycles. The smallest absolute Gasteiger partial charge is 0.251 e. The van der Waals surface area contributed by atoms with Crippen LogP contribution in [-0.2, 0) is 0 Å². The van der Waals surface area contributed by atoms with Crippen LogP contribution in [0.2, 0.25) is 0 Å². The Morgan fingerprint density at radius 1 is 0.981 bits per heavy atom. The number of hydrogen-bond donors (Lipinski definition) is 2. The van der Waals surface area contributed by atoms with Crippen molar-refractivity contribution in [2.45, 2.75) is 103 Å². The van der Waals surface area contributed by atoms with Crippen LogP contribution in [0.3, 0.4) is 0 Å². The maximum absolute atomic E-state index is 13.2. The lowest BCUT2D eigenvalue weighted by molar-refractivity contribution is 0.0949. The molecule has 4 aliphatic rings. The molecule has 2 aliphatic heterocycles. The first-order valence-corrected chi connectivity index (χ1v) is 20.3. The highest BCUT2D eigenvalue weighted by Gasteiger charge is 2.39. The summed E-state index contributed by atoms with van der Waals surface area (Å²) < 4.78 is 7.72. The highest BCUT2D eigenvalue weighted by Crippen LogP contribution is 2.44. The first kappa shape index (κ1) is 37.1. The minimum absolute atomic E-state index is 0.0000510. The molecule has 0 spiro atoms. The molecule has 1 atom stereocenters. The molecule has 7 rings (SSSR count). The molecule has 4 heterocycles. The summed E-state index contributed by atoms with van der Waals surface area (Å²) in [5.74, 6) is 3.31. The lowest BCUT2D eigenvalue weighted by Crippen LogP contribution is -2.46. The van der Waals surface area contributed by atoms with Crippen molar-refractivity contribution in [3.05, 3.63) is 47.7 Å². The number of hydrogen-bond acceptors (Lipinski definition) is 10. The van der Waals surface area contributed by atoms with E-state index in [0.29, 0.717) is 47.1 Å². The van der Waals surface area contributed by atoms with Crippen molar-refractivity contribution in [2.24, 2.45) is 11.8 Å². The normalized spacial score (nSPS) is 22.2. The number of aromatic nitrogens is 4. The number of anilines is 3. The van der Waals surface area contributed by atoms with Gasteiger partial charge in [0.25, 0.3) is 5.91 Å². The third-order valence-corrected chi connectivity index (χ3v) is 12.4. The van der Waals surface area contributed by atoms with Crippen molar-refractivity contribution in [2.75, 3.05) is 63.1 Å². The van der Waals surface area contributed by atoms with E-state index in [1.165, 1.54) is 90.6 Å². The number of nitrogens with zero attached hydrogens (tertiary/aromatic N) is 8. The van der Waals surface area contributed by atoms with Gasteiger partial charge >= 0.3 is 0 Å². The first-order chi connectivity index (χ1) is 26.0. The number of methoxy groups -OCH3 is 1. The molecule has 0 unspecified atom stereocenters. The van der Waals surface area contributed by atoms with Crippen LogP contribution in [-0.4, -0.2) is 94.2 Å². The Morgan fingerprint density at radius 2 is 1.72 bits per heavy atom.